The van der Waals surface area contributed by atoms with Gasteiger partial charge in [0.25, 0.3) is 0 Å². The molecule has 106 heavy (non-hydrogen) atoms. The summed E-state index contributed by atoms with van der Waals surface area (Å²) in [6.07, 6.45) is 0. The Balaban J connectivity index is 0.931. The first-order valence-electron chi connectivity index (χ1n) is 33.8. The average molecular weight is 1500 g/mol. The van der Waals surface area contributed by atoms with Crippen molar-refractivity contribution in [1.29, 1.82) is 0 Å². The fraction of sp³-hybridized carbons (Fsp3) is 0.175. The summed E-state index contributed by atoms with van der Waals surface area (Å²) in [5.74, 6) is -1.38. The molecule has 12 aromatic rings. The summed E-state index contributed by atoms with van der Waals surface area (Å²) >= 11 is 0. The van der Waals surface area contributed by atoms with E-state index in [2.05, 4.69) is 0 Å². The highest BCUT2D eigenvalue weighted by molar-refractivity contribution is 7.88. The summed E-state index contributed by atoms with van der Waals surface area (Å²) < 4.78 is 149. The largest absolute Gasteiger partial charge is 0.379 e. The molecule has 12 aromatic carbocycles. The normalized spacial score (nSPS) is 17.1. The SMILES string of the molecule is CN(C)c1cccc2c(S(=O)(=O)Oc3ccc(OS(=O)(=O)c4cccc5c(N(C)C)cccc45)c4c3CN3C(=O)N5Cc6c(OS(=O)(=O)c7cccc8c(N(C)C)cccc78)ccc(OS(=O)(=O)c7cccc8c(N(C)C)cccc78)c6CN6C(=O)N(C4)C3(c3ccccc3)C56c3ccccc3)cccc12. The Bertz CT molecular complexity index is 5490. The molecule has 4 amide bonds. The second-order valence-corrected chi connectivity index (χ2v) is 33.3. The van der Waals surface area contributed by atoms with Crippen LogP contribution in [0.1, 0.15) is 33.4 Å². The summed E-state index contributed by atoms with van der Waals surface area (Å²) in [6, 6.07) is 60.9. The van der Waals surface area contributed by atoms with Crippen LogP contribution in [0.4, 0.5) is 32.3 Å². The first kappa shape index (κ1) is 68.8. The van der Waals surface area contributed by atoms with Gasteiger partial charge < -0.3 is 36.3 Å². The Labute approximate surface area is 614 Å². The molecule has 0 unspecified atom stereocenters. The Morgan fingerprint density at radius 1 is 0.264 bits per heavy atom. The molecule has 16 rings (SSSR count). The molecule has 4 heterocycles. The number of hydrogen-bond donors (Lipinski definition) is 0. The van der Waals surface area contributed by atoms with Crippen molar-refractivity contribution in [3.05, 3.63) is 264 Å². The molecule has 0 aromatic heterocycles. The van der Waals surface area contributed by atoms with Crippen LogP contribution in [-0.4, -0.2) is 122 Å². The number of hydrogen-bond acceptors (Lipinski definition) is 18. The molecule has 0 bridgehead atoms. The third-order valence-corrected chi connectivity index (χ3v) is 25.7. The van der Waals surface area contributed by atoms with E-state index in [1.165, 1.54) is 68.1 Å². The molecule has 4 aliphatic heterocycles. The predicted molar refractivity (Wildman–Crippen MR) is 406 cm³/mol. The van der Waals surface area contributed by atoms with Crippen LogP contribution in [0.3, 0.4) is 0 Å². The minimum atomic E-state index is -4.90. The molecular weight excluding hydrogens is 1430 g/mol. The van der Waals surface area contributed by atoms with Gasteiger partial charge in [0.1, 0.15) is 42.6 Å². The van der Waals surface area contributed by atoms with Gasteiger partial charge in [0.2, 0.25) is 0 Å². The van der Waals surface area contributed by atoms with Crippen LogP contribution in [0.15, 0.2) is 250 Å². The van der Waals surface area contributed by atoms with Crippen LogP contribution in [0.2, 0.25) is 0 Å². The van der Waals surface area contributed by atoms with Crippen molar-refractivity contribution in [3.8, 4) is 23.0 Å². The number of nitrogens with zero attached hydrogens (tertiary/aromatic N) is 8. The second kappa shape index (κ2) is 25.1. The molecule has 0 saturated carbocycles. The molecule has 0 N–H and O–H groups in total. The number of rotatable bonds is 18. The number of carbonyl (C=O) groups is 2. The van der Waals surface area contributed by atoms with Crippen LogP contribution in [0.5, 0.6) is 23.0 Å². The predicted octanol–water partition coefficient (Wildman–Crippen LogP) is 13.5. The van der Waals surface area contributed by atoms with E-state index >= 15 is 43.3 Å². The summed E-state index contributed by atoms with van der Waals surface area (Å²) in [6.45, 7) is -2.51. The van der Waals surface area contributed by atoms with Crippen molar-refractivity contribution in [2.24, 2.45) is 0 Å². The Morgan fingerprint density at radius 2 is 0.472 bits per heavy atom. The fourth-order valence-electron chi connectivity index (χ4n) is 16.1. The number of carbonyl (C=O) groups excluding carboxylic acids is 2. The molecule has 0 spiro atoms. The van der Waals surface area contributed by atoms with Gasteiger partial charge in [-0.3, -0.25) is 19.6 Å². The van der Waals surface area contributed by atoms with Gasteiger partial charge in [-0.1, -0.05) is 158 Å². The first-order chi connectivity index (χ1) is 50.7. The maximum absolute atomic E-state index is 17.3. The van der Waals surface area contributed by atoms with Crippen LogP contribution in [0, 0.1) is 0 Å². The van der Waals surface area contributed by atoms with Gasteiger partial charge in [0.05, 0.1) is 26.2 Å². The standard InChI is InChI=1S/C80H70N8O14S4/c1-81(2)65-35-15-31-57-53(65)27-19-39-73(57)103(91,92)99-69-43-44-70(100-104(93,94)74-40-20-28-54-58(74)32-16-36-66(54)82(3)4)62-48-86-78(90)88-50-64-63(49-87-77(89)85(47-61(62)69)79(86,51-23-11-9-12-24-51)80(87,88)52-25-13-10-14-26-52)71(101-105(95,96)75-41-21-29-55-59(75)33-17-37-67(55)83(5)6)45-46-72(64)102-106(97,98)76-42-22-30-56-60(76)34-18-38-68(56)84(7)8/h9-46H,47-50H2,1-8H3. The number of urea groups is 2. The summed E-state index contributed by atoms with van der Waals surface area (Å²) in [4.78, 5) is 46.9. The number of benzene rings is 12. The van der Waals surface area contributed by atoms with Crippen molar-refractivity contribution in [2.75, 3.05) is 76.0 Å². The topological polar surface area (TPSA) is 234 Å². The fourth-order valence-corrected chi connectivity index (χ4v) is 20.8. The zero-order valence-corrected chi connectivity index (χ0v) is 62.0. The van der Waals surface area contributed by atoms with Gasteiger partial charge in [0, 0.05) is 156 Å². The molecule has 2 fully saturated rings. The lowest BCUT2D eigenvalue weighted by atomic mass is 9.79. The van der Waals surface area contributed by atoms with E-state index in [1.54, 1.807) is 158 Å². The van der Waals surface area contributed by atoms with Gasteiger partial charge >= 0.3 is 52.5 Å². The zero-order valence-electron chi connectivity index (χ0n) is 58.7. The highest BCUT2D eigenvalue weighted by Crippen LogP contribution is 2.67. The van der Waals surface area contributed by atoms with E-state index < -0.39 is 90.0 Å². The number of amides is 4. The molecule has 4 aliphatic rings. The smallest absolute Gasteiger partial charge is 0.339 e. The van der Waals surface area contributed by atoms with Crippen LogP contribution < -0.4 is 36.3 Å². The third-order valence-electron chi connectivity index (χ3n) is 20.5. The van der Waals surface area contributed by atoms with Crippen LogP contribution in [-0.2, 0) is 78.0 Å². The maximum atomic E-state index is 17.3. The van der Waals surface area contributed by atoms with Gasteiger partial charge in [-0.15, -0.1) is 0 Å². The van der Waals surface area contributed by atoms with Gasteiger partial charge in [-0.25, -0.2) is 9.59 Å². The van der Waals surface area contributed by atoms with E-state index in [0.29, 0.717) is 77.0 Å². The second-order valence-electron chi connectivity index (χ2n) is 27.3. The molecule has 0 atom stereocenters. The molecule has 538 valence electrons. The minimum Gasteiger partial charge on any atom is -0.379 e. The lowest BCUT2D eigenvalue weighted by Gasteiger charge is -2.49. The minimum absolute atomic E-state index is 0.0633. The molecule has 26 heteroatoms. The van der Waals surface area contributed by atoms with E-state index in [0.717, 1.165) is 0 Å². The average Bonchev–Trinajstić information content (AvgIpc) is 1.47. The summed E-state index contributed by atoms with van der Waals surface area (Å²) in [7, 11) is -4.96. The molecule has 2 saturated heterocycles. The van der Waals surface area contributed by atoms with E-state index in [1.807, 2.05) is 100 Å². The quantitative estimate of drug-likeness (QED) is 0.0726. The Kier molecular flexibility index (Phi) is 16.3. The van der Waals surface area contributed by atoms with E-state index in [4.69, 9.17) is 16.7 Å². The third kappa shape index (κ3) is 10.5. The summed E-state index contributed by atoms with van der Waals surface area (Å²) in [5.41, 5.74) is -0.998. The highest BCUT2D eigenvalue weighted by atomic mass is 32.2. The molecule has 0 aliphatic carbocycles. The number of anilines is 4. The summed E-state index contributed by atoms with van der Waals surface area (Å²) in [5, 5.41) is 3.67. The van der Waals surface area contributed by atoms with Gasteiger partial charge in [-0.2, -0.15) is 33.7 Å². The zero-order chi connectivity index (χ0) is 74.3. The lowest BCUT2D eigenvalue weighted by molar-refractivity contribution is -0.0794. The van der Waals surface area contributed by atoms with Crippen molar-refractivity contribution in [1.82, 2.24) is 19.6 Å². The first-order valence-corrected chi connectivity index (χ1v) is 39.5. The van der Waals surface area contributed by atoms with Crippen molar-refractivity contribution >= 4 is 118 Å². The molecule has 0 radical (unpaired) electrons. The van der Waals surface area contributed by atoms with Crippen LogP contribution >= 0.6 is 0 Å². The van der Waals surface area contributed by atoms with Crippen molar-refractivity contribution < 1.29 is 60.0 Å². The Morgan fingerprint density at radius 3 is 0.689 bits per heavy atom. The highest BCUT2D eigenvalue weighted by Gasteiger charge is 2.81. The van der Waals surface area contributed by atoms with E-state index in [-0.39, 0.29) is 64.8 Å². The molecular formula is C80H70N8O14S4. The molecule has 22 nitrogen and oxygen atoms in total. The van der Waals surface area contributed by atoms with Crippen molar-refractivity contribution in [3.63, 3.8) is 0 Å². The van der Waals surface area contributed by atoms with E-state index in [9.17, 15) is 0 Å². The Hall–Kier alpha value is -11.6. The lowest BCUT2D eigenvalue weighted by Crippen LogP contribution is -2.62. The van der Waals surface area contributed by atoms with Crippen molar-refractivity contribution in [2.45, 2.75) is 57.1 Å². The monoisotopic (exact) mass is 1490 g/mol. The van der Waals surface area contributed by atoms with Crippen LogP contribution in [0.25, 0.3) is 43.1 Å². The maximum Gasteiger partial charge on any atom is 0.339 e. The van der Waals surface area contributed by atoms with Gasteiger partial charge in [-0.05, 0) is 72.8 Å². The van der Waals surface area contributed by atoms with Gasteiger partial charge in [0.15, 0.2) is 11.3 Å². The number of fused-ring (bicyclic) bond motifs is 6.